The van der Waals surface area contributed by atoms with Crippen LogP contribution in [-0.4, -0.2) is 4.57 Å². The second-order valence-electron chi connectivity index (χ2n) is 16.1. The van der Waals surface area contributed by atoms with Gasteiger partial charge in [-0.1, -0.05) is 133 Å². The Hall–Kier alpha value is -8.34. The number of aromatic nitrogens is 1. The van der Waals surface area contributed by atoms with Gasteiger partial charge in [0.2, 0.25) is 0 Å². The van der Waals surface area contributed by atoms with Crippen LogP contribution in [0.2, 0.25) is 0 Å². The number of benzene rings is 10. The van der Waals surface area contributed by atoms with Crippen molar-refractivity contribution in [1.29, 1.82) is 0 Å². The highest BCUT2D eigenvalue weighted by Gasteiger charge is 2.19. The number of furan rings is 2. The number of hydrogen-bond acceptors (Lipinski definition) is 3. The summed E-state index contributed by atoms with van der Waals surface area (Å²) in [5.74, 6) is 0. The standard InChI is InChI=1S/C58H36N2O2/c1-2-14-46-38(11-1)27-33-50-57-45(18-10-22-56(57)62-58(46)50)39-25-30-42(31-26-39)59(44-32-34-55-51(36-44)49-17-5-8-21-54(49)61-55)41-28-23-37(24-29-41)40-12-9-13-43(35-40)60-52-19-6-3-15-47(52)48-16-4-7-20-53(48)60/h1-36H. The zero-order valence-corrected chi connectivity index (χ0v) is 33.5. The average molecular weight is 793 g/mol. The van der Waals surface area contributed by atoms with Crippen LogP contribution >= 0.6 is 0 Å². The van der Waals surface area contributed by atoms with Crippen LogP contribution in [0.1, 0.15) is 0 Å². The van der Waals surface area contributed by atoms with Gasteiger partial charge in [-0.25, -0.2) is 0 Å². The highest BCUT2D eigenvalue weighted by atomic mass is 16.3. The molecular formula is C58H36N2O2. The summed E-state index contributed by atoms with van der Waals surface area (Å²) in [6, 6.07) is 78.0. The Balaban J connectivity index is 0.916. The van der Waals surface area contributed by atoms with Gasteiger partial charge in [0.05, 0.1) is 11.0 Å². The van der Waals surface area contributed by atoms with Crippen LogP contribution in [0, 0.1) is 0 Å². The molecule has 0 aliphatic heterocycles. The van der Waals surface area contributed by atoms with E-state index < -0.39 is 0 Å². The molecule has 0 aliphatic rings. The first kappa shape index (κ1) is 34.5. The maximum atomic E-state index is 6.55. The minimum atomic E-state index is 0.872. The second-order valence-corrected chi connectivity index (χ2v) is 16.1. The lowest BCUT2D eigenvalue weighted by atomic mass is 9.98. The molecule has 0 fully saturated rings. The number of rotatable bonds is 6. The third kappa shape index (κ3) is 5.33. The molecule has 0 bridgehead atoms. The van der Waals surface area contributed by atoms with Crippen molar-refractivity contribution in [3.63, 3.8) is 0 Å². The molecule has 3 heterocycles. The van der Waals surface area contributed by atoms with E-state index in [0.717, 1.165) is 94.3 Å². The SMILES string of the molecule is c1cc(-c2ccc(N(c3ccc(-c4cccc5oc6c7ccccc7ccc6c45)cc3)c3ccc4oc5ccccc5c4c3)cc2)cc(-n2c3ccccc3c3ccccc32)c1. The molecule has 0 unspecified atom stereocenters. The fraction of sp³-hybridized carbons (Fsp3) is 0. The van der Waals surface area contributed by atoms with E-state index in [1.165, 1.54) is 27.2 Å². The molecule has 4 nitrogen and oxygen atoms in total. The van der Waals surface area contributed by atoms with Crippen molar-refractivity contribution in [3.8, 4) is 27.9 Å². The summed E-state index contributed by atoms with van der Waals surface area (Å²) in [4.78, 5) is 2.34. The Morgan fingerprint density at radius 1 is 0.339 bits per heavy atom. The van der Waals surface area contributed by atoms with Gasteiger partial charge in [-0.15, -0.1) is 0 Å². The molecule has 0 spiro atoms. The molecule has 13 rings (SSSR count). The average Bonchev–Trinajstić information content (AvgIpc) is 4.02. The lowest BCUT2D eigenvalue weighted by Crippen LogP contribution is -2.09. The Bertz CT molecular complexity index is 3810. The minimum Gasteiger partial charge on any atom is -0.456 e. The second kappa shape index (κ2) is 13.6. The molecule has 290 valence electrons. The zero-order valence-electron chi connectivity index (χ0n) is 33.5. The minimum absolute atomic E-state index is 0.872. The lowest BCUT2D eigenvalue weighted by Gasteiger charge is -2.26. The van der Waals surface area contributed by atoms with E-state index in [2.05, 4.69) is 216 Å². The topological polar surface area (TPSA) is 34.5 Å². The summed E-state index contributed by atoms with van der Waals surface area (Å²) >= 11 is 0. The maximum absolute atomic E-state index is 6.55. The Labute approximate surface area is 356 Å². The van der Waals surface area contributed by atoms with Crippen LogP contribution in [0.25, 0.3) is 104 Å². The lowest BCUT2D eigenvalue weighted by molar-refractivity contribution is 0.669. The molecule has 62 heavy (non-hydrogen) atoms. The van der Waals surface area contributed by atoms with E-state index in [-0.39, 0.29) is 0 Å². The van der Waals surface area contributed by atoms with Crippen molar-refractivity contribution in [2.24, 2.45) is 0 Å². The summed E-state index contributed by atoms with van der Waals surface area (Å²) in [6.07, 6.45) is 0. The highest BCUT2D eigenvalue weighted by molar-refractivity contribution is 6.19. The molecule has 0 saturated carbocycles. The van der Waals surface area contributed by atoms with Crippen molar-refractivity contribution in [2.75, 3.05) is 4.90 Å². The molecule has 4 heteroatoms. The summed E-state index contributed by atoms with van der Waals surface area (Å²) in [6.45, 7) is 0. The Morgan fingerprint density at radius 3 is 1.73 bits per heavy atom. The van der Waals surface area contributed by atoms with E-state index in [0.29, 0.717) is 0 Å². The van der Waals surface area contributed by atoms with E-state index in [1.807, 2.05) is 12.1 Å². The van der Waals surface area contributed by atoms with Crippen molar-refractivity contribution in [1.82, 2.24) is 4.57 Å². The van der Waals surface area contributed by atoms with Crippen LogP contribution in [0.3, 0.4) is 0 Å². The van der Waals surface area contributed by atoms with Crippen LogP contribution in [0.4, 0.5) is 17.1 Å². The van der Waals surface area contributed by atoms with E-state index in [1.54, 1.807) is 0 Å². The molecule has 3 aromatic heterocycles. The monoisotopic (exact) mass is 792 g/mol. The molecule has 13 aromatic rings. The normalized spacial score (nSPS) is 11.9. The number of para-hydroxylation sites is 3. The van der Waals surface area contributed by atoms with Gasteiger partial charge in [-0.3, -0.25) is 0 Å². The molecule has 10 aromatic carbocycles. The van der Waals surface area contributed by atoms with E-state index in [9.17, 15) is 0 Å². The van der Waals surface area contributed by atoms with Crippen LogP contribution < -0.4 is 4.90 Å². The molecule has 0 aliphatic carbocycles. The molecule has 0 radical (unpaired) electrons. The number of fused-ring (bicyclic) bond motifs is 11. The van der Waals surface area contributed by atoms with Gasteiger partial charge in [0, 0.05) is 60.5 Å². The molecular weight excluding hydrogens is 757 g/mol. The number of hydrogen-bond donors (Lipinski definition) is 0. The molecule has 0 saturated heterocycles. The summed E-state index contributed by atoms with van der Waals surface area (Å²) in [7, 11) is 0. The first-order chi connectivity index (χ1) is 30.7. The van der Waals surface area contributed by atoms with Crippen molar-refractivity contribution >= 4 is 93.5 Å². The van der Waals surface area contributed by atoms with Gasteiger partial charge in [-0.05, 0) is 113 Å². The van der Waals surface area contributed by atoms with Gasteiger partial charge in [0.25, 0.3) is 0 Å². The van der Waals surface area contributed by atoms with E-state index in [4.69, 9.17) is 8.83 Å². The van der Waals surface area contributed by atoms with Crippen molar-refractivity contribution in [3.05, 3.63) is 218 Å². The third-order valence-electron chi connectivity index (χ3n) is 12.6. The Kier molecular flexibility index (Phi) is 7.57. The molecule has 0 amide bonds. The number of nitrogens with zero attached hydrogens (tertiary/aromatic N) is 2. The predicted octanol–water partition coefficient (Wildman–Crippen LogP) is 16.5. The van der Waals surface area contributed by atoms with Crippen molar-refractivity contribution < 1.29 is 8.83 Å². The summed E-state index contributed by atoms with van der Waals surface area (Å²) in [5.41, 5.74) is 14.9. The third-order valence-corrected chi connectivity index (χ3v) is 12.6. The van der Waals surface area contributed by atoms with E-state index >= 15 is 0 Å². The fourth-order valence-electron chi connectivity index (χ4n) is 9.71. The van der Waals surface area contributed by atoms with Gasteiger partial charge in [-0.2, -0.15) is 0 Å². The van der Waals surface area contributed by atoms with Crippen LogP contribution in [-0.2, 0) is 0 Å². The van der Waals surface area contributed by atoms with Gasteiger partial charge in [0.1, 0.15) is 22.3 Å². The quantitative estimate of drug-likeness (QED) is 0.168. The molecule has 0 atom stereocenters. The van der Waals surface area contributed by atoms with Crippen LogP contribution in [0.5, 0.6) is 0 Å². The maximum Gasteiger partial charge on any atom is 0.143 e. The predicted molar refractivity (Wildman–Crippen MR) is 258 cm³/mol. The van der Waals surface area contributed by atoms with Gasteiger partial charge < -0.3 is 18.3 Å². The van der Waals surface area contributed by atoms with Gasteiger partial charge in [0.15, 0.2) is 0 Å². The zero-order chi connectivity index (χ0) is 40.7. The largest absolute Gasteiger partial charge is 0.456 e. The summed E-state index contributed by atoms with van der Waals surface area (Å²) in [5, 5.41) is 9.27. The van der Waals surface area contributed by atoms with Gasteiger partial charge >= 0.3 is 0 Å². The van der Waals surface area contributed by atoms with Crippen LogP contribution in [0.15, 0.2) is 227 Å². The molecule has 0 N–H and O–H groups in total. The smallest absolute Gasteiger partial charge is 0.143 e. The first-order valence-electron chi connectivity index (χ1n) is 21.1. The fourth-order valence-corrected chi connectivity index (χ4v) is 9.71. The first-order valence-corrected chi connectivity index (χ1v) is 21.1. The Morgan fingerprint density at radius 2 is 0.952 bits per heavy atom. The highest BCUT2D eigenvalue weighted by Crippen LogP contribution is 2.43. The number of anilines is 3. The summed E-state index contributed by atoms with van der Waals surface area (Å²) < 4.78 is 15.2. The van der Waals surface area contributed by atoms with Crippen molar-refractivity contribution in [2.45, 2.75) is 0 Å².